The lowest BCUT2D eigenvalue weighted by molar-refractivity contribution is -0.136. The van der Waals surface area contributed by atoms with Crippen molar-refractivity contribution in [2.24, 2.45) is 0 Å². The van der Waals surface area contributed by atoms with Crippen molar-refractivity contribution < 1.29 is 9.90 Å². The van der Waals surface area contributed by atoms with Gasteiger partial charge in [-0.15, -0.1) is 0 Å². The van der Waals surface area contributed by atoms with Crippen molar-refractivity contribution >= 4 is 29.2 Å². The molecule has 0 spiro atoms. The van der Waals surface area contributed by atoms with Gasteiger partial charge in [-0.2, -0.15) is 0 Å². The summed E-state index contributed by atoms with van der Waals surface area (Å²) in [6.07, 6.45) is -0.100. The van der Waals surface area contributed by atoms with Crippen LogP contribution in [0.1, 0.15) is 5.56 Å². The SMILES string of the molecule is O=C(O)Cc1cc(-c2ccccc2Cl)ccc1Cl. The second-order valence-electron chi connectivity index (χ2n) is 3.86. The number of carbonyl (C=O) groups is 1. The van der Waals surface area contributed by atoms with E-state index in [-0.39, 0.29) is 6.42 Å². The molecule has 2 nitrogen and oxygen atoms in total. The summed E-state index contributed by atoms with van der Waals surface area (Å²) >= 11 is 12.1. The average Bonchev–Trinajstić information content (AvgIpc) is 2.32. The Morgan fingerprint density at radius 2 is 1.78 bits per heavy atom. The van der Waals surface area contributed by atoms with Gasteiger partial charge in [-0.25, -0.2) is 0 Å². The predicted molar refractivity (Wildman–Crippen MR) is 73.2 cm³/mol. The van der Waals surface area contributed by atoms with Gasteiger partial charge in [0.1, 0.15) is 0 Å². The molecule has 0 radical (unpaired) electrons. The first kappa shape index (κ1) is 12.9. The number of hydrogen-bond donors (Lipinski definition) is 1. The van der Waals surface area contributed by atoms with Crippen molar-refractivity contribution in [3.8, 4) is 11.1 Å². The van der Waals surface area contributed by atoms with Gasteiger partial charge >= 0.3 is 5.97 Å². The van der Waals surface area contributed by atoms with Gasteiger partial charge in [-0.05, 0) is 29.3 Å². The van der Waals surface area contributed by atoms with Crippen LogP contribution < -0.4 is 0 Å². The molecule has 0 saturated carbocycles. The minimum Gasteiger partial charge on any atom is -0.481 e. The Morgan fingerprint density at radius 3 is 2.44 bits per heavy atom. The van der Waals surface area contributed by atoms with Crippen LogP contribution in [0.2, 0.25) is 10.0 Å². The summed E-state index contributed by atoms with van der Waals surface area (Å²) in [5.74, 6) is -0.909. The number of halogens is 2. The summed E-state index contributed by atoms with van der Waals surface area (Å²) in [6, 6.07) is 12.7. The molecule has 0 amide bonds. The number of hydrogen-bond acceptors (Lipinski definition) is 1. The molecule has 0 fully saturated rings. The normalized spacial score (nSPS) is 10.3. The monoisotopic (exact) mass is 280 g/mol. The molecule has 2 aromatic carbocycles. The third kappa shape index (κ3) is 2.84. The standard InChI is InChI=1S/C14H10Cl2O2/c15-12-6-5-9(7-10(12)8-14(17)18)11-3-1-2-4-13(11)16/h1-7H,8H2,(H,17,18). The summed E-state index contributed by atoms with van der Waals surface area (Å²) in [7, 11) is 0. The molecule has 0 aliphatic heterocycles. The maximum absolute atomic E-state index is 10.8. The van der Waals surface area contributed by atoms with Crippen LogP contribution in [0.25, 0.3) is 11.1 Å². The summed E-state index contributed by atoms with van der Waals surface area (Å²) in [6.45, 7) is 0. The molecule has 2 aromatic rings. The van der Waals surface area contributed by atoms with Gasteiger partial charge in [0.2, 0.25) is 0 Å². The molecule has 1 N–H and O–H groups in total. The summed E-state index contributed by atoms with van der Waals surface area (Å²) in [4.78, 5) is 10.8. The van der Waals surface area contributed by atoms with Gasteiger partial charge in [-0.1, -0.05) is 47.5 Å². The smallest absolute Gasteiger partial charge is 0.307 e. The number of carboxylic acid groups (broad SMARTS) is 1. The van der Waals surface area contributed by atoms with Crippen LogP contribution in [0.4, 0.5) is 0 Å². The Labute approximate surface area is 115 Å². The van der Waals surface area contributed by atoms with Gasteiger partial charge in [0.25, 0.3) is 0 Å². The van der Waals surface area contributed by atoms with E-state index in [1.165, 1.54) is 0 Å². The van der Waals surface area contributed by atoms with Crippen molar-refractivity contribution in [3.63, 3.8) is 0 Å². The van der Waals surface area contributed by atoms with Crippen LogP contribution in [-0.4, -0.2) is 11.1 Å². The minimum atomic E-state index is -0.909. The number of carboxylic acids is 1. The van der Waals surface area contributed by atoms with Crippen LogP contribution >= 0.6 is 23.2 Å². The van der Waals surface area contributed by atoms with E-state index in [9.17, 15) is 4.79 Å². The zero-order valence-electron chi connectivity index (χ0n) is 9.36. The van der Waals surface area contributed by atoms with Gasteiger partial charge in [-0.3, -0.25) is 4.79 Å². The molecule has 0 aromatic heterocycles. The molecule has 0 atom stereocenters. The Morgan fingerprint density at radius 1 is 1.06 bits per heavy atom. The van der Waals surface area contributed by atoms with E-state index in [2.05, 4.69) is 0 Å². The molecule has 0 heterocycles. The molecular weight excluding hydrogens is 271 g/mol. The fraction of sp³-hybridized carbons (Fsp3) is 0.0714. The summed E-state index contributed by atoms with van der Waals surface area (Å²) in [5, 5.41) is 9.90. The van der Waals surface area contributed by atoms with Crippen molar-refractivity contribution in [1.29, 1.82) is 0 Å². The summed E-state index contributed by atoms with van der Waals surface area (Å²) in [5.41, 5.74) is 2.31. The van der Waals surface area contributed by atoms with Crippen molar-refractivity contribution in [2.75, 3.05) is 0 Å². The highest BCUT2D eigenvalue weighted by atomic mass is 35.5. The van der Waals surface area contributed by atoms with Crippen LogP contribution in [0.3, 0.4) is 0 Å². The molecule has 92 valence electrons. The van der Waals surface area contributed by atoms with E-state index < -0.39 is 5.97 Å². The van der Waals surface area contributed by atoms with E-state index in [1.54, 1.807) is 18.2 Å². The van der Waals surface area contributed by atoms with E-state index in [1.807, 2.05) is 24.3 Å². The fourth-order valence-corrected chi connectivity index (χ4v) is 2.17. The average molecular weight is 281 g/mol. The van der Waals surface area contributed by atoms with Crippen molar-refractivity contribution in [2.45, 2.75) is 6.42 Å². The Kier molecular flexibility index (Phi) is 3.90. The highest BCUT2D eigenvalue weighted by Gasteiger charge is 2.09. The van der Waals surface area contributed by atoms with Crippen molar-refractivity contribution in [3.05, 3.63) is 58.1 Å². The van der Waals surface area contributed by atoms with E-state index in [0.29, 0.717) is 15.6 Å². The van der Waals surface area contributed by atoms with Gasteiger partial charge < -0.3 is 5.11 Å². The van der Waals surface area contributed by atoms with Crippen LogP contribution in [-0.2, 0) is 11.2 Å². The van der Waals surface area contributed by atoms with Gasteiger partial charge in [0, 0.05) is 15.6 Å². The summed E-state index contributed by atoms with van der Waals surface area (Å²) < 4.78 is 0. The third-order valence-electron chi connectivity index (χ3n) is 2.57. The lowest BCUT2D eigenvalue weighted by atomic mass is 10.0. The molecule has 0 aliphatic carbocycles. The maximum atomic E-state index is 10.8. The molecule has 0 aliphatic rings. The molecule has 18 heavy (non-hydrogen) atoms. The van der Waals surface area contributed by atoms with Crippen LogP contribution in [0, 0.1) is 0 Å². The fourth-order valence-electron chi connectivity index (χ4n) is 1.74. The lowest BCUT2D eigenvalue weighted by Gasteiger charge is -2.07. The van der Waals surface area contributed by atoms with E-state index >= 15 is 0 Å². The van der Waals surface area contributed by atoms with Crippen molar-refractivity contribution in [1.82, 2.24) is 0 Å². The molecule has 0 bridgehead atoms. The van der Waals surface area contributed by atoms with E-state index in [0.717, 1.165) is 11.1 Å². The molecule has 4 heteroatoms. The molecular formula is C14H10Cl2O2. The van der Waals surface area contributed by atoms with Gasteiger partial charge in [0.05, 0.1) is 6.42 Å². The Bertz CT molecular complexity index is 594. The van der Waals surface area contributed by atoms with Gasteiger partial charge in [0.15, 0.2) is 0 Å². The topological polar surface area (TPSA) is 37.3 Å². The zero-order valence-corrected chi connectivity index (χ0v) is 10.9. The maximum Gasteiger partial charge on any atom is 0.307 e. The highest BCUT2D eigenvalue weighted by molar-refractivity contribution is 6.33. The second-order valence-corrected chi connectivity index (χ2v) is 4.67. The number of rotatable bonds is 3. The first-order chi connectivity index (χ1) is 8.58. The Balaban J connectivity index is 2.47. The van der Waals surface area contributed by atoms with Crippen LogP contribution in [0.5, 0.6) is 0 Å². The largest absolute Gasteiger partial charge is 0.481 e. The number of aliphatic carboxylic acids is 1. The lowest BCUT2D eigenvalue weighted by Crippen LogP contribution is -2.00. The molecule has 0 saturated heterocycles. The highest BCUT2D eigenvalue weighted by Crippen LogP contribution is 2.30. The molecule has 2 rings (SSSR count). The predicted octanol–water partition coefficient (Wildman–Crippen LogP) is 4.29. The minimum absolute atomic E-state index is 0.100. The third-order valence-corrected chi connectivity index (χ3v) is 3.27. The first-order valence-corrected chi connectivity index (χ1v) is 6.08. The zero-order chi connectivity index (χ0) is 13.1. The number of benzene rings is 2. The second kappa shape index (κ2) is 5.42. The first-order valence-electron chi connectivity index (χ1n) is 5.33. The van der Waals surface area contributed by atoms with E-state index in [4.69, 9.17) is 28.3 Å². The Hall–Kier alpha value is -1.51. The van der Waals surface area contributed by atoms with Crippen LogP contribution in [0.15, 0.2) is 42.5 Å². The molecule has 0 unspecified atom stereocenters. The quantitative estimate of drug-likeness (QED) is 0.911.